The number of hydrogen-bond donors (Lipinski definition) is 1. The Balaban J connectivity index is 1.71. The molecule has 0 bridgehead atoms. The molecule has 0 spiro atoms. The van der Waals surface area contributed by atoms with Crippen LogP contribution in [-0.2, 0) is 11.2 Å². The van der Waals surface area contributed by atoms with E-state index < -0.39 is 0 Å². The van der Waals surface area contributed by atoms with E-state index in [0.717, 1.165) is 29.8 Å². The Hall–Kier alpha value is -2.29. The van der Waals surface area contributed by atoms with Crippen molar-refractivity contribution in [1.82, 2.24) is 0 Å². The summed E-state index contributed by atoms with van der Waals surface area (Å²) in [5.41, 5.74) is 5.66. The summed E-state index contributed by atoms with van der Waals surface area (Å²) in [6.07, 6.45) is 1.02. The molecule has 0 aliphatic carbocycles. The summed E-state index contributed by atoms with van der Waals surface area (Å²) < 4.78 is 0. The van der Waals surface area contributed by atoms with Crippen LogP contribution in [0.2, 0.25) is 0 Å². The summed E-state index contributed by atoms with van der Waals surface area (Å²) >= 11 is 0. The van der Waals surface area contributed by atoms with E-state index in [2.05, 4.69) is 28.4 Å². The van der Waals surface area contributed by atoms with Gasteiger partial charge in [-0.3, -0.25) is 4.79 Å². The molecule has 3 rings (SSSR count). The van der Waals surface area contributed by atoms with Crippen LogP contribution in [0.4, 0.5) is 11.4 Å². The molecule has 1 N–H and O–H groups in total. The van der Waals surface area contributed by atoms with Gasteiger partial charge >= 0.3 is 0 Å². The van der Waals surface area contributed by atoms with Crippen LogP contribution in [0.1, 0.15) is 16.7 Å². The number of fused-ring (bicyclic) bond motifs is 1. The Bertz CT molecular complexity index is 658. The zero-order chi connectivity index (χ0) is 14.8. The van der Waals surface area contributed by atoms with E-state index in [9.17, 15) is 4.79 Å². The van der Waals surface area contributed by atoms with Gasteiger partial charge < -0.3 is 10.2 Å². The second-order valence-corrected chi connectivity index (χ2v) is 5.62. The normalized spacial score (nSPS) is 13.1. The number of nitrogens with zero attached hydrogens (tertiary/aromatic N) is 1. The second kappa shape index (κ2) is 5.60. The highest BCUT2D eigenvalue weighted by Gasteiger charge is 2.20. The predicted molar refractivity (Wildman–Crippen MR) is 86.9 cm³/mol. The maximum atomic E-state index is 12.3. The lowest BCUT2D eigenvalue weighted by molar-refractivity contribution is -0.115. The Morgan fingerprint density at radius 1 is 1.10 bits per heavy atom. The average Bonchev–Trinajstić information content (AvgIpc) is 2.87. The summed E-state index contributed by atoms with van der Waals surface area (Å²) in [4.78, 5) is 14.5. The van der Waals surface area contributed by atoms with E-state index in [1.165, 1.54) is 11.3 Å². The van der Waals surface area contributed by atoms with E-state index in [1.54, 1.807) is 0 Å². The van der Waals surface area contributed by atoms with E-state index in [4.69, 9.17) is 0 Å². The van der Waals surface area contributed by atoms with Crippen LogP contribution in [-0.4, -0.2) is 19.0 Å². The molecule has 0 fully saturated rings. The largest absolute Gasteiger partial charge is 0.362 e. The van der Waals surface area contributed by atoms with E-state index in [-0.39, 0.29) is 5.91 Å². The number of carbonyl (C=O) groups excluding carboxylic acids is 1. The lowest BCUT2D eigenvalue weighted by Gasteiger charge is -2.19. The predicted octanol–water partition coefficient (Wildman–Crippen LogP) is 3.30. The fourth-order valence-corrected chi connectivity index (χ4v) is 2.93. The maximum Gasteiger partial charge on any atom is 0.243 e. The van der Waals surface area contributed by atoms with Crippen LogP contribution in [0, 0.1) is 13.8 Å². The third-order valence-corrected chi connectivity index (χ3v) is 4.06. The smallest absolute Gasteiger partial charge is 0.243 e. The summed E-state index contributed by atoms with van der Waals surface area (Å²) in [6.45, 7) is 5.37. The van der Waals surface area contributed by atoms with Crippen molar-refractivity contribution >= 4 is 17.3 Å². The van der Waals surface area contributed by atoms with Crippen molar-refractivity contribution in [2.45, 2.75) is 20.3 Å². The molecule has 0 saturated heterocycles. The summed E-state index contributed by atoms with van der Waals surface area (Å²) in [5, 5.41) is 3.06. The van der Waals surface area contributed by atoms with Crippen LogP contribution >= 0.6 is 0 Å². The molecule has 3 nitrogen and oxygen atoms in total. The molecule has 0 aromatic heterocycles. The fourth-order valence-electron chi connectivity index (χ4n) is 2.93. The zero-order valence-corrected chi connectivity index (χ0v) is 12.5. The Labute approximate surface area is 125 Å². The van der Waals surface area contributed by atoms with Crippen molar-refractivity contribution in [3.05, 3.63) is 59.2 Å². The lowest BCUT2D eigenvalue weighted by Crippen LogP contribution is -2.32. The first-order chi connectivity index (χ1) is 10.1. The average molecular weight is 280 g/mol. The number of carbonyl (C=O) groups is 1. The number of amides is 1. The zero-order valence-electron chi connectivity index (χ0n) is 12.5. The second-order valence-electron chi connectivity index (χ2n) is 5.62. The first kappa shape index (κ1) is 13.7. The van der Waals surface area contributed by atoms with Gasteiger partial charge in [0.2, 0.25) is 5.91 Å². The van der Waals surface area contributed by atoms with Crippen LogP contribution in [0.5, 0.6) is 0 Å². The monoisotopic (exact) mass is 280 g/mol. The van der Waals surface area contributed by atoms with Crippen LogP contribution in [0.15, 0.2) is 42.5 Å². The molecule has 21 heavy (non-hydrogen) atoms. The summed E-state index contributed by atoms with van der Waals surface area (Å²) in [6, 6.07) is 14.4. The van der Waals surface area contributed by atoms with Gasteiger partial charge in [-0.05, 0) is 43.0 Å². The molecule has 1 heterocycles. The molecule has 2 aromatic carbocycles. The number of anilines is 2. The molecule has 3 heteroatoms. The van der Waals surface area contributed by atoms with E-state index in [1.807, 2.05) is 38.1 Å². The molecule has 0 radical (unpaired) electrons. The molecule has 1 aliphatic heterocycles. The number of hydrogen-bond acceptors (Lipinski definition) is 2. The van der Waals surface area contributed by atoms with Crippen molar-refractivity contribution < 1.29 is 4.79 Å². The highest BCUT2D eigenvalue weighted by Crippen LogP contribution is 2.27. The van der Waals surface area contributed by atoms with Crippen molar-refractivity contribution in [2.75, 3.05) is 23.3 Å². The molecule has 1 aliphatic rings. The molecule has 0 saturated carbocycles. The highest BCUT2D eigenvalue weighted by atomic mass is 16.2. The van der Waals surface area contributed by atoms with Gasteiger partial charge in [0.15, 0.2) is 0 Å². The van der Waals surface area contributed by atoms with Gasteiger partial charge in [0.25, 0.3) is 0 Å². The fraction of sp³-hybridized carbons (Fsp3) is 0.278. The van der Waals surface area contributed by atoms with E-state index >= 15 is 0 Å². The first-order valence-corrected chi connectivity index (χ1v) is 7.34. The van der Waals surface area contributed by atoms with Crippen molar-refractivity contribution in [2.24, 2.45) is 0 Å². The van der Waals surface area contributed by atoms with Gasteiger partial charge in [0.1, 0.15) is 0 Å². The molecule has 0 atom stereocenters. The first-order valence-electron chi connectivity index (χ1n) is 7.34. The number of aryl methyl sites for hydroxylation is 2. The van der Waals surface area contributed by atoms with Crippen LogP contribution in [0.25, 0.3) is 0 Å². The number of benzene rings is 2. The minimum Gasteiger partial charge on any atom is -0.362 e. The minimum atomic E-state index is 0.0455. The standard InChI is InChI=1S/C18H20N2O/c1-13-6-5-7-14(2)18(13)19-17(21)12-20-11-10-15-8-3-4-9-16(15)20/h3-9H,10-12H2,1-2H3,(H,19,21). The van der Waals surface area contributed by atoms with Gasteiger partial charge in [0, 0.05) is 17.9 Å². The molecule has 0 unspecified atom stereocenters. The molecular weight excluding hydrogens is 260 g/mol. The highest BCUT2D eigenvalue weighted by molar-refractivity contribution is 5.95. The maximum absolute atomic E-state index is 12.3. The van der Waals surface area contributed by atoms with Gasteiger partial charge in [-0.1, -0.05) is 36.4 Å². The summed E-state index contributed by atoms with van der Waals surface area (Å²) in [7, 11) is 0. The van der Waals surface area contributed by atoms with Crippen LogP contribution in [0.3, 0.4) is 0 Å². The molecule has 2 aromatic rings. The summed E-state index contributed by atoms with van der Waals surface area (Å²) in [5.74, 6) is 0.0455. The Kier molecular flexibility index (Phi) is 3.65. The molecule has 1 amide bonds. The Morgan fingerprint density at radius 3 is 2.57 bits per heavy atom. The van der Waals surface area contributed by atoms with E-state index in [0.29, 0.717) is 6.54 Å². The number of rotatable bonds is 3. The van der Waals surface area contributed by atoms with Crippen molar-refractivity contribution in [3.63, 3.8) is 0 Å². The third-order valence-electron chi connectivity index (χ3n) is 4.06. The molecular formula is C18H20N2O. The number of para-hydroxylation sites is 2. The third kappa shape index (κ3) is 2.77. The lowest BCUT2D eigenvalue weighted by atomic mass is 10.1. The molecule has 108 valence electrons. The minimum absolute atomic E-state index is 0.0455. The SMILES string of the molecule is Cc1cccc(C)c1NC(=O)CN1CCc2ccccc21. The quantitative estimate of drug-likeness (QED) is 0.935. The van der Waals surface area contributed by atoms with Gasteiger partial charge in [-0.15, -0.1) is 0 Å². The topological polar surface area (TPSA) is 32.3 Å². The van der Waals surface area contributed by atoms with Crippen molar-refractivity contribution in [1.29, 1.82) is 0 Å². The van der Waals surface area contributed by atoms with Crippen LogP contribution < -0.4 is 10.2 Å². The number of nitrogens with one attached hydrogen (secondary N) is 1. The Morgan fingerprint density at radius 2 is 1.81 bits per heavy atom. The van der Waals surface area contributed by atoms with Gasteiger partial charge in [-0.2, -0.15) is 0 Å². The van der Waals surface area contributed by atoms with Gasteiger partial charge in [-0.25, -0.2) is 0 Å². The van der Waals surface area contributed by atoms with Gasteiger partial charge in [0.05, 0.1) is 6.54 Å². The van der Waals surface area contributed by atoms with Crippen molar-refractivity contribution in [3.8, 4) is 0 Å².